The minimum absolute atomic E-state index is 0.137. The van der Waals surface area contributed by atoms with Gasteiger partial charge in [0, 0.05) is 42.7 Å². The highest BCUT2D eigenvalue weighted by Crippen LogP contribution is 2.49. The van der Waals surface area contributed by atoms with Crippen molar-refractivity contribution in [3.8, 4) is 33.4 Å². The highest BCUT2D eigenvalue weighted by Gasteiger charge is 2.42. The Bertz CT molecular complexity index is 2110. The molecule has 7 aromatic rings. The van der Waals surface area contributed by atoms with Crippen LogP contribution in [0, 0.1) is 0 Å². The van der Waals surface area contributed by atoms with Gasteiger partial charge in [-0.3, -0.25) is 0 Å². The van der Waals surface area contributed by atoms with Crippen molar-refractivity contribution >= 4 is 60.7 Å². The third kappa shape index (κ3) is 2.91. The third-order valence-electron chi connectivity index (χ3n) is 8.48. The molecule has 0 saturated heterocycles. The summed E-state index contributed by atoms with van der Waals surface area (Å²) in [7, 11) is 0. The quantitative estimate of drug-likeness (QED) is 0.200. The highest BCUT2D eigenvalue weighted by atomic mass is 32.1. The molecule has 0 amide bonds. The van der Waals surface area contributed by atoms with E-state index in [1.54, 1.807) is 0 Å². The summed E-state index contributed by atoms with van der Waals surface area (Å²) in [6.07, 6.45) is 0. The highest BCUT2D eigenvalue weighted by molar-refractivity contribution is 7.25. The second-order valence-electron chi connectivity index (χ2n) is 10.5. The van der Waals surface area contributed by atoms with E-state index in [9.17, 15) is 0 Å². The van der Waals surface area contributed by atoms with Gasteiger partial charge in [0.1, 0.15) is 0 Å². The molecule has 2 aliphatic rings. The molecule has 0 saturated carbocycles. The van der Waals surface area contributed by atoms with Gasteiger partial charge in [-0.05, 0) is 63.5 Å². The largest absolute Gasteiger partial charge is 0.376 e. The molecule has 39 heavy (non-hydrogen) atoms. The Morgan fingerprint density at radius 1 is 0.462 bits per heavy atom. The summed E-state index contributed by atoms with van der Waals surface area (Å²) < 4.78 is 2.68. The van der Waals surface area contributed by atoms with Crippen LogP contribution in [-0.2, 0) is 0 Å². The van der Waals surface area contributed by atoms with Crippen molar-refractivity contribution in [2.24, 2.45) is 0 Å². The first-order chi connectivity index (χ1) is 19.4. The summed E-state index contributed by atoms with van der Waals surface area (Å²) in [6, 6.07) is 49.4. The van der Waals surface area contributed by atoms with Gasteiger partial charge in [0.2, 0.25) is 0 Å². The number of nitrogens with zero attached hydrogens (tertiary/aromatic N) is 1. The minimum Gasteiger partial charge on any atom is -0.376 e. The zero-order valence-electron chi connectivity index (χ0n) is 21.1. The lowest BCUT2D eigenvalue weighted by molar-refractivity contribution is 1.35. The number of hydrogen-bond acceptors (Lipinski definition) is 2. The fraction of sp³-hybridized carbons (Fsp3) is 0. The summed E-state index contributed by atoms with van der Waals surface area (Å²) in [6.45, 7) is 0.137. The standard InChI is InChI=1S/C36H22BNS/c1-5-15-30-25(10-1)26-11-3-7-17-32(26)38-33-18-9-14-24(36(33)28-13-2-6-16-31(28)37(30)38)23-20-21-35-29(22-23)27-12-4-8-19-34(27)39-35/h1-22H. The second-order valence-corrected chi connectivity index (χ2v) is 11.6. The van der Waals surface area contributed by atoms with Crippen LogP contribution in [0.2, 0.25) is 0 Å². The SMILES string of the molecule is c1ccc2c(c1)B1c3ccccc3-c3c(-c4ccc5sc6ccccc6c5c4)cccc3N1c1ccccc1-2. The molecule has 6 aromatic carbocycles. The molecule has 0 radical (unpaired) electrons. The molecule has 3 heteroatoms. The maximum absolute atomic E-state index is 2.58. The van der Waals surface area contributed by atoms with Crippen LogP contribution in [0.1, 0.15) is 0 Å². The molecule has 0 atom stereocenters. The van der Waals surface area contributed by atoms with Gasteiger partial charge in [-0.15, -0.1) is 11.3 Å². The van der Waals surface area contributed by atoms with Crippen LogP contribution < -0.4 is 15.7 Å². The van der Waals surface area contributed by atoms with E-state index in [4.69, 9.17) is 0 Å². The lowest BCUT2D eigenvalue weighted by atomic mass is 9.43. The van der Waals surface area contributed by atoms with E-state index in [0.717, 1.165) is 0 Å². The van der Waals surface area contributed by atoms with Gasteiger partial charge in [-0.25, -0.2) is 0 Å². The van der Waals surface area contributed by atoms with Crippen LogP contribution in [0.15, 0.2) is 133 Å². The molecule has 0 aliphatic carbocycles. The Morgan fingerprint density at radius 2 is 1.10 bits per heavy atom. The molecule has 9 rings (SSSR count). The van der Waals surface area contributed by atoms with Gasteiger partial charge in [0.25, 0.3) is 0 Å². The maximum Gasteiger partial charge on any atom is 0.329 e. The van der Waals surface area contributed by atoms with E-state index in [-0.39, 0.29) is 6.85 Å². The third-order valence-corrected chi connectivity index (χ3v) is 9.63. The average Bonchev–Trinajstić information content (AvgIpc) is 3.38. The van der Waals surface area contributed by atoms with Gasteiger partial charge >= 0.3 is 6.85 Å². The Labute approximate surface area is 231 Å². The van der Waals surface area contributed by atoms with E-state index in [0.29, 0.717) is 0 Å². The predicted octanol–water partition coefficient (Wildman–Crippen LogP) is 8.63. The summed E-state index contributed by atoms with van der Waals surface area (Å²) in [4.78, 5) is 2.58. The molecule has 1 aromatic heterocycles. The fourth-order valence-electron chi connectivity index (χ4n) is 6.87. The Hall–Kier alpha value is -4.60. The van der Waals surface area contributed by atoms with Crippen LogP contribution in [0.3, 0.4) is 0 Å². The number of hydrogen-bond donors (Lipinski definition) is 0. The molecule has 0 fully saturated rings. The molecule has 0 unspecified atom stereocenters. The molecule has 0 bridgehead atoms. The van der Waals surface area contributed by atoms with Crippen LogP contribution >= 0.6 is 11.3 Å². The lowest BCUT2D eigenvalue weighted by Crippen LogP contribution is -2.59. The van der Waals surface area contributed by atoms with Crippen molar-refractivity contribution in [2.75, 3.05) is 4.81 Å². The van der Waals surface area contributed by atoms with Crippen molar-refractivity contribution in [1.29, 1.82) is 0 Å². The molecule has 180 valence electrons. The van der Waals surface area contributed by atoms with E-state index < -0.39 is 0 Å². The van der Waals surface area contributed by atoms with Gasteiger partial charge in [-0.1, -0.05) is 103 Å². The van der Waals surface area contributed by atoms with Gasteiger partial charge in [0.05, 0.1) is 0 Å². The van der Waals surface area contributed by atoms with E-state index in [1.165, 1.54) is 75.9 Å². The average molecular weight is 511 g/mol. The Balaban J connectivity index is 1.35. The lowest BCUT2D eigenvalue weighted by Gasteiger charge is -2.43. The van der Waals surface area contributed by atoms with Gasteiger partial charge in [0.15, 0.2) is 0 Å². The number of benzene rings is 6. The predicted molar refractivity (Wildman–Crippen MR) is 169 cm³/mol. The first-order valence-corrected chi connectivity index (χ1v) is 14.3. The van der Waals surface area contributed by atoms with Crippen molar-refractivity contribution in [1.82, 2.24) is 0 Å². The zero-order valence-corrected chi connectivity index (χ0v) is 22.0. The smallest absolute Gasteiger partial charge is 0.329 e. The maximum atomic E-state index is 2.58. The number of thiophene rings is 1. The second kappa shape index (κ2) is 7.95. The number of fused-ring (bicyclic) bond motifs is 14. The summed E-state index contributed by atoms with van der Waals surface area (Å²) in [5, 5.41) is 2.68. The van der Waals surface area contributed by atoms with E-state index >= 15 is 0 Å². The summed E-state index contributed by atoms with van der Waals surface area (Å²) >= 11 is 1.88. The molecule has 0 N–H and O–H groups in total. The van der Waals surface area contributed by atoms with Crippen LogP contribution in [0.5, 0.6) is 0 Å². The normalized spacial score (nSPS) is 13.0. The van der Waals surface area contributed by atoms with Crippen LogP contribution in [-0.4, -0.2) is 6.85 Å². The molecule has 3 heterocycles. The van der Waals surface area contributed by atoms with E-state index in [2.05, 4.69) is 138 Å². The van der Waals surface area contributed by atoms with Crippen molar-refractivity contribution < 1.29 is 0 Å². The topological polar surface area (TPSA) is 3.24 Å². The van der Waals surface area contributed by atoms with E-state index in [1.807, 2.05) is 11.3 Å². The Morgan fingerprint density at radius 3 is 2.00 bits per heavy atom. The Kier molecular flexibility index (Phi) is 4.35. The molecule has 1 nitrogen and oxygen atoms in total. The van der Waals surface area contributed by atoms with Crippen LogP contribution in [0.25, 0.3) is 53.6 Å². The minimum atomic E-state index is 0.137. The molecule has 2 aliphatic heterocycles. The molecule has 0 spiro atoms. The number of para-hydroxylation sites is 1. The van der Waals surface area contributed by atoms with Crippen molar-refractivity contribution in [3.05, 3.63) is 133 Å². The first kappa shape index (κ1) is 21.4. The van der Waals surface area contributed by atoms with Gasteiger partial charge in [-0.2, -0.15) is 0 Å². The fourth-order valence-corrected chi connectivity index (χ4v) is 7.95. The monoisotopic (exact) mass is 511 g/mol. The van der Waals surface area contributed by atoms with Crippen LogP contribution in [0.4, 0.5) is 11.4 Å². The summed E-state index contributed by atoms with van der Waals surface area (Å²) in [5.41, 5.74) is 13.1. The number of rotatable bonds is 1. The molecular weight excluding hydrogens is 489 g/mol. The van der Waals surface area contributed by atoms with Crippen molar-refractivity contribution in [2.45, 2.75) is 0 Å². The summed E-state index contributed by atoms with van der Waals surface area (Å²) in [5.74, 6) is 0. The molecular formula is C36H22BNS. The number of anilines is 2. The zero-order chi connectivity index (χ0) is 25.5. The van der Waals surface area contributed by atoms with Gasteiger partial charge < -0.3 is 4.81 Å². The first-order valence-electron chi connectivity index (χ1n) is 13.5. The van der Waals surface area contributed by atoms with Crippen molar-refractivity contribution in [3.63, 3.8) is 0 Å².